The fourth-order valence-electron chi connectivity index (χ4n) is 9.94. The summed E-state index contributed by atoms with van der Waals surface area (Å²) in [4.78, 5) is 0. The lowest BCUT2D eigenvalue weighted by Gasteiger charge is -2.36. The van der Waals surface area contributed by atoms with Gasteiger partial charge in [-0.25, -0.2) is 0 Å². The van der Waals surface area contributed by atoms with Crippen LogP contribution < -0.4 is 41.7 Å². The number of alkyl halides is 12. The normalized spacial score (nSPS) is 20.5. The molecule has 2 N–H and O–H groups in total. The molecule has 7 rings (SSSR count). The maximum absolute atomic E-state index is 14.5. The van der Waals surface area contributed by atoms with Crippen LogP contribution >= 0.6 is 15.8 Å². The minimum absolute atomic E-state index is 0.112. The molecule has 5 aromatic rings. The number of para-hydroxylation sites is 2. The van der Waals surface area contributed by atoms with Gasteiger partial charge in [0, 0.05) is 16.4 Å². The molecular formula is C48H45F12NO2P2. The van der Waals surface area contributed by atoms with Gasteiger partial charge in [-0.15, -0.1) is 0 Å². The lowest BCUT2D eigenvalue weighted by molar-refractivity contribution is -0.144. The standard InChI is InChI=1S/C48H45F12NO2P2/c1-44(28-12-4-5-13-28)26-36(35-14-6-9-17-40(35)65(41-18-10-7-15-38(41)62-2)42-19-11-8-16-39(42)63-3)37(27-44)43(61)64(33-22-29(45(49,50)51)20-30(23-33)46(52,53)54)34-24-31(47(55,56)57)21-32(25-34)48(58,59)60/h6-11,14-25,28,36-37,43H,4-5,12-13,26-27,61H2,1-3H3/t36?,37?,43-,44-/m0/s1. The highest BCUT2D eigenvalue weighted by molar-refractivity contribution is 7.80. The molecule has 4 atom stereocenters. The summed E-state index contributed by atoms with van der Waals surface area (Å²) in [7, 11) is -1.55. The SMILES string of the molecule is COc1ccccc1P(c1ccccc1OC)c1ccccc1C1C[C@](C)(C2CCCC2)CC1[C@@H](N)P(c1cc(C(F)(F)F)cc(C(F)(F)F)c1)c1cc(C(F)(F)F)cc(C(F)(F)F)c1. The van der Waals surface area contributed by atoms with E-state index in [9.17, 15) is 52.7 Å². The van der Waals surface area contributed by atoms with Gasteiger partial charge in [-0.3, -0.25) is 0 Å². The molecule has 2 fully saturated rings. The van der Waals surface area contributed by atoms with Crippen LogP contribution in [0.15, 0.2) is 109 Å². The van der Waals surface area contributed by atoms with Gasteiger partial charge >= 0.3 is 24.7 Å². The molecule has 0 spiro atoms. The first kappa shape index (κ1) is 48.6. The van der Waals surface area contributed by atoms with E-state index in [1.54, 1.807) is 30.3 Å². The average Bonchev–Trinajstić information content (AvgIpc) is 3.93. The fourth-order valence-corrected chi connectivity index (χ4v) is 15.5. The second-order valence-corrected chi connectivity index (χ2v) is 21.4. The Hall–Kier alpha value is -4.32. The van der Waals surface area contributed by atoms with E-state index in [0.717, 1.165) is 47.2 Å². The lowest BCUT2D eigenvalue weighted by atomic mass is 9.73. The monoisotopic (exact) mass is 957 g/mol. The van der Waals surface area contributed by atoms with Crippen molar-refractivity contribution in [1.29, 1.82) is 0 Å². The Bertz CT molecular complexity index is 2290. The van der Waals surface area contributed by atoms with Crippen LogP contribution in [-0.4, -0.2) is 20.0 Å². The van der Waals surface area contributed by atoms with Gasteiger partial charge in [0.1, 0.15) is 11.5 Å². The molecule has 17 heteroatoms. The number of nitrogens with two attached hydrogens (primary N) is 1. The number of halogens is 12. The highest BCUT2D eigenvalue weighted by Crippen LogP contribution is 2.62. The van der Waals surface area contributed by atoms with Crippen LogP contribution in [0.3, 0.4) is 0 Å². The highest BCUT2D eigenvalue weighted by atomic mass is 31.1. The summed E-state index contributed by atoms with van der Waals surface area (Å²) in [5, 5.41) is 0.848. The minimum Gasteiger partial charge on any atom is -0.496 e. The highest BCUT2D eigenvalue weighted by Gasteiger charge is 2.52. The summed E-state index contributed by atoms with van der Waals surface area (Å²) in [6.07, 6.45) is -17.4. The molecule has 2 aliphatic rings. The van der Waals surface area contributed by atoms with E-state index < -0.39 is 96.4 Å². The Balaban J connectivity index is 1.51. The van der Waals surface area contributed by atoms with Gasteiger partial charge in [0.15, 0.2) is 0 Å². The Labute approximate surface area is 371 Å². The molecule has 0 amide bonds. The molecule has 0 aliphatic heterocycles. The number of benzene rings is 5. The van der Waals surface area contributed by atoms with Crippen LogP contribution in [0.5, 0.6) is 11.5 Å². The number of ether oxygens (including phenoxy) is 2. The molecular weight excluding hydrogens is 912 g/mol. The Kier molecular flexibility index (Phi) is 13.8. The molecule has 2 aliphatic carbocycles. The van der Waals surface area contributed by atoms with E-state index in [1.807, 2.05) is 42.5 Å². The molecule has 3 nitrogen and oxygen atoms in total. The van der Waals surface area contributed by atoms with Crippen molar-refractivity contribution in [2.45, 2.75) is 81.9 Å². The molecule has 348 valence electrons. The van der Waals surface area contributed by atoms with Gasteiger partial charge in [0.25, 0.3) is 0 Å². The van der Waals surface area contributed by atoms with Crippen LogP contribution in [0.4, 0.5) is 52.7 Å². The summed E-state index contributed by atoms with van der Waals surface area (Å²) in [6.45, 7) is 2.05. The van der Waals surface area contributed by atoms with E-state index in [-0.39, 0.29) is 24.5 Å². The van der Waals surface area contributed by atoms with Gasteiger partial charge in [-0.2, -0.15) is 52.7 Å². The van der Waals surface area contributed by atoms with Crippen LogP contribution in [-0.2, 0) is 24.7 Å². The zero-order valence-electron chi connectivity index (χ0n) is 35.3. The average molecular weight is 958 g/mol. The van der Waals surface area contributed by atoms with Crippen LogP contribution in [0.2, 0.25) is 0 Å². The molecule has 0 saturated heterocycles. The van der Waals surface area contributed by atoms with Gasteiger partial charge < -0.3 is 15.2 Å². The summed E-state index contributed by atoms with van der Waals surface area (Å²) in [5.74, 6) is -1.83. The quantitative estimate of drug-likeness (QED) is 0.106. The van der Waals surface area contributed by atoms with Crippen LogP contribution in [0, 0.1) is 17.3 Å². The van der Waals surface area contributed by atoms with Gasteiger partial charge in [-0.1, -0.05) is 80.4 Å². The largest absolute Gasteiger partial charge is 0.496 e. The van der Waals surface area contributed by atoms with E-state index in [1.165, 1.54) is 14.2 Å². The Morgan fingerprint density at radius 1 is 0.554 bits per heavy atom. The molecule has 5 aromatic carbocycles. The predicted octanol–water partition coefficient (Wildman–Crippen LogP) is 12.6. The van der Waals surface area contributed by atoms with Crippen molar-refractivity contribution in [2.75, 3.05) is 14.2 Å². The Morgan fingerprint density at radius 2 is 0.938 bits per heavy atom. The van der Waals surface area contributed by atoms with Crippen LogP contribution in [0.1, 0.15) is 79.2 Å². The van der Waals surface area contributed by atoms with Gasteiger partial charge in [-0.05, 0) is 135 Å². The van der Waals surface area contributed by atoms with Crippen molar-refractivity contribution in [3.05, 3.63) is 137 Å². The van der Waals surface area contributed by atoms with E-state index in [2.05, 4.69) is 6.92 Å². The predicted molar refractivity (Wildman–Crippen MR) is 231 cm³/mol. The topological polar surface area (TPSA) is 44.5 Å². The van der Waals surface area contributed by atoms with Crippen molar-refractivity contribution in [2.24, 2.45) is 23.0 Å². The van der Waals surface area contributed by atoms with Crippen molar-refractivity contribution < 1.29 is 62.2 Å². The molecule has 0 aromatic heterocycles. The molecule has 2 saturated carbocycles. The van der Waals surface area contributed by atoms with E-state index in [4.69, 9.17) is 15.2 Å². The zero-order chi connectivity index (χ0) is 47.3. The second-order valence-electron chi connectivity index (χ2n) is 16.9. The fraction of sp³-hybridized carbons (Fsp3) is 0.375. The van der Waals surface area contributed by atoms with Crippen molar-refractivity contribution in [3.8, 4) is 11.5 Å². The summed E-state index contributed by atoms with van der Waals surface area (Å²) in [6, 6.07) is 23.4. The van der Waals surface area contributed by atoms with Crippen molar-refractivity contribution in [3.63, 3.8) is 0 Å². The smallest absolute Gasteiger partial charge is 0.416 e. The first-order valence-corrected chi connectivity index (χ1v) is 23.5. The first-order chi connectivity index (χ1) is 30.4. The zero-order valence-corrected chi connectivity index (χ0v) is 37.1. The Morgan fingerprint density at radius 3 is 1.34 bits per heavy atom. The summed E-state index contributed by atoms with van der Waals surface area (Å²) < 4.78 is 186. The van der Waals surface area contributed by atoms with Crippen LogP contribution in [0.25, 0.3) is 0 Å². The molecule has 0 heterocycles. The number of hydrogen-bond acceptors (Lipinski definition) is 3. The number of methoxy groups -OCH3 is 2. The molecule has 65 heavy (non-hydrogen) atoms. The third kappa shape index (κ3) is 10.2. The lowest BCUT2D eigenvalue weighted by Crippen LogP contribution is -2.38. The third-order valence-electron chi connectivity index (χ3n) is 12.9. The van der Waals surface area contributed by atoms with E-state index >= 15 is 0 Å². The van der Waals surface area contributed by atoms with Crippen molar-refractivity contribution in [1.82, 2.24) is 0 Å². The van der Waals surface area contributed by atoms with E-state index in [0.29, 0.717) is 42.2 Å². The molecule has 0 radical (unpaired) electrons. The number of rotatable bonds is 11. The minimum atomic E-state index is -5.38. The second kappa shape index (κ2) is 18.4. The summed E-state index contributed by atoms with van der Waals surface area (Å²) in [5.41, 5.74) is 0.393. The van der Waals surface area contributed by atoms with Gasteiger partial charge in [0.05, 0.1) is 36.5 Å². The summed E-state index contributed by atoms with van der Waals surface area (Å²) >= 11 is 0. The first-order valence-electron chi connectivity index (χ1n) is 20.7. The maximum Gasteiger partial charge on any atom is 0.416 e. The molecule has 2 unspecified atom stereocenters. The number of hydrogen-bond donors (Lipinski definition) is 1. The van der Waals surface area contributed by atoms with Crippen molar-refractivity contribution >= 4 is 42.4 Å². The molecule has 0 bridgehead atoms. The maximum atomic E-state index is 14.5. The van der Waals surface area contributed by atoms with Gasteiger partial charge in [0.2, 0.25) is 0 Å². The third-order valence-corrected chi connectivity index (χ3v) is 18.1.